The number of fused-ring (bicyclic) bond motifs is 3. The molecule has 1 aliphatic carbocycles. The second kappa shape index (κ2) is 7.91. The summed E-state index contributed by atoms with van der Waals surface area (Å²) in [6.45, 7) is 1.42. The maximum Gasteiger partial charge on any atom is 0.262 e. The van der Waals surface area contributed by atoms with E-state index in [1.165, 1.54) is 17.7 Å². The van der Waals surface area contributed by atoms with Crippen molar-refractivity contribution in [1.29, 1.82) is 0 Å². The second-order valence-electron chi connectivity index (χ2n) is 7.14. The minimum atomic E-state index is -3.33. The van der Waals surface area contributed by atoms with E-state index < -0.39 is 9.84 Å². The van der Waals surface area contributed by atoms with E-state index >= 15 is 0 Å². The zero-order chi connectivity index (χ0) is 20.4. The molecule has 7 heteroatoms. The van der Waals surface area contributed by atoms with E-state index in [1.54, 1.807) is 25.1 Å². The van der Waals surface area contributed by atoms with Gasteiger partial charge in [-0.05, 0) is 55.7 Å². The lowest BCUT2D eigenvalue weighted by atomic mass is 9.96. The Morgan fingerprint density at radius 1 is 1.14 bits per heavy atom. The van der Waals surface area contributed by atoms with E-state index in [4.69, 9.17) is 9.15 Å². The van der Waals surface area contributed by atoms with Gasteiger partial charge in [-0.3, -0.25) is 4.79 Å². The van der Waals surface area contributed by atoms with Crippen LogP contribution in [0.15, 0.2) is 51.8 Å². The first-order chi connectivity index (χ1) is 14.0. The molecule has 0 unspecified atom stereocenters. The van der Waals surface area contributed by atoms with Gasteiger partial charge in [0, 0.05) is 23.1 Å². The maximum atomic E-state index is 12.3. The number of amides is 1. The molecular weight excluding hydrogens is 390 g/mol. The molecule has 2 aromatic carbocycles. The molecule has 1 aliphatic rings. The molecule has 3 aromatic rings. The maximum absolute atomic E-state index is 12.3. The standard InChI is InChI=1S/C22H23NO5S/c1-2-29(25,26)17-7-5-6-15(12-17)23-22(24)14-27-16-10-11-21-19(13-16)18-8-3-4-9-20(18)28-21/h5-7,10-13H,2-4,8-9,14H2,1H3,(H,23,24). The lowest BCUT2D eigenvalue weighted by Crippen LogP contribution is -2.20. The molecule has 1 heterocycles. The molecule has 152 valence electrons. The summed E-state index contributed by atoms with van der Waals surface area (Å²) in [6, 6.07) is 11.8. The normalized spacial score (nSPS) is 13.8. The number of carbonyl (C=O) groups excluding carboxylic acids is 1. The molecule has 0 fully saturated rings. The quantitative estimate of drug-likeness (QED) is 0.657. The fourth-order valence-electron chi connectivity index (χ4n) is 3.61. The number of nitrogens with one attached hydrogen (secondary N) is 1. The number of benzene rings is 2. The summed E-state index contributed by atoms with van der Waals surface area (Å²) in [4.78, 5) is 12.4. The summed E-state index contributed by atoms with van der Waals surface area (Å²) < 4.78 is 35.6. The van der Waals surface area contributed by atoms with Gasteiger partial charge in [-0.2, -0.15) is 0 Å². The van der Waals surface area contributed by atoms with Crippen LogP contribution in [-0.2, 0) is 27.5 Å². The number of sulfone groups is 1. The highest BCUT2D eigenvalue weighted by atomic mass is 32.2. The average Bonchev–Trinajstić information content (AvgIpc) is 3.10. The first kappa shape index (κ1) is 19.5. The molecular formula is C22H23NO5S. The van der Waals surface area contributed by atoms with Crippen LogP contribution in [-0.4, -0.2) is 26.7 Å². The van der Waals surface area contributed by atoms with E-state index in [1.807, 2.05) is 12.1 Å². The monoisotopic (exact) mass is 413 g/mol. The SMILES string of the molecule is CCS(=O)(=O)c1cccc(NC(=O)COc2ccc3oc4c(c3c2)CCCC4)c1. The predicted molar refractivity (Wildman–Crippen MR) is 111 cm³/mol. The van der Waals surface area contributed by atoms with Crippen molar-refractivity contribution in [3.05, 3.63) is 53.8 Å². The Morgan fingerprint density at radius 3 is 2.79 bits per heavy atom. The summed E-state index contributed by atoms with van der Waals surface area (Å²) in [6.07, 6.45) is 4.28. The van der Waals surface area contributed by atoms with E-state index in [-0.39, 0.29) is 23.2 Å². The van der Waals surface area contributed by atoms with Gasteiger partial charge in [0.1, 0.15) is 17.1 Å². The van der Waals surface area contributed by atoms with Crippen molar-refractivity contribution in [2.75, 3.05) is 17.7 Å². The molecule has 1 N–H and O–H groups in total. The van der Waals surface area contributed by atoms with Gasteiger partial charge in [-0.25, -0.2) is 8.42 Å². The van der Waals surface area contributed by atoms with Gasteiger partial charge in [-0.1, -0.05) is 13.0 Å². The third kappa shape index (κ3) is 4.15. The molecule has 6 nitrogen and oxygen atoms in total. The molecule has 0 saturated carbocycles. The van der Waals surface area contributed by atoms with Crippen LogP contribution < -0.4 is 10.1 Å². The molecule has 1 amide bonds. The highest BCUT2D eigenvalue weighted by Gasteiger charge is 2.18. The van der Waals surface area contributed by atoms with Crippen molar-refractivity contribution < 1.29 is 22.4 Å². The topological polar surface area (TPSA) is 85.6 Å². The third-order valence-electron chi connectivity index (χ3n) is 5.15. The van der Waals surface area contributed by atoms with Crippen molar-refractivity contribution in [3.8, 4) is 5.75 Å². The number of hydrogen-bond donors (Lipinski definition) is 1. The van der Waals surface area contributed by atoms with Gasteiger partial charge in [0.2, 0.25) is 0 Å². The highest BCUT2D eigenvalue weighted by Crippen LogP contribution is 2.33. The van der Waals surface area contributed by atoms with Gasteiger partial charge in [0.25, 0.3) is 5.91 Å². The Labute approximate surface area is 169 Å². The van der Waals surface area contributed by atoms with E-state index in [2.05, 4.69) is 5.32 Å². The predicted octanol–water partition coefficient (Wildman–Crippen LogP) is 4.12. The largest absolute Gasteiger partial charge is 0.484 e. The summed E-state index contributed by atoms with van der Waals surface area (Å²) >= 11 is 0. The Bertz CT molecular complexity index is 1160. The smallest absolute Gasteiger partial charge is 0.262 e. The summed E-state index contributed by atoms with van der Waals surface area (Å²) in [5.74, 6) is 1.31. The number of anilines is 1. The first-order valence-corrected chi connectivity index (χ1v) is 11.4. The molecule has 0 radical (unpaired) electrons. The van der Waals surface area contributed by atoms with E-state index in [9.17, 15) is 13.2 Å². The van der Waals surface area contributed by atoms with Crippen molar-refractivity contribution in [2.45, 2.75) is 37.5 Å². The average molecular weight is 413 g/mol. The molecule has 0 saturated heterocycles. The lowest BCUT2D eigenvalue weighted by molar-refractivity contribution is -0.118. The van der Waals surface area contributed by atoms with Crippen LogP contribution in [0.2, 0.25) is 0 Å². The van der Waals surface area contributed by atoms with Crippen molar-refractivity contribution >= 4 is 32.4 Å². The number of rotatable bonds is 6. The Balaban J connectivity index is 1.43. The van der Waals surface area contributed by atoms with Crippen LogP contribution in [0.4, 0.5) is 5.69 Å². The number of carbonyl (C=O) groups is 1. The summed E-state index contributed by atoms with van der Waals surface area (Å²) in [7, 11) is -3.33. The summed E-state index contributed by atoms with van der Waals surface area (Å²) in [5.41, 5.74) is 2.52. The van der Waals surface area contributed by atoms with Gasteiger partial charge in [0.15, 0.2) is 16.4 Å². The van der Waals surface area contributed by atoms with Gasteiger partial charge in [-0.15, -0.1) is 0 Å². The minimum Gasteiger partial charge on any atom is -0.484 e. The van der Waals surface area contributed by atoms with Crippen LogP contribution in [0.25, 0.3) is 11.0 Å². The fourth-order valence-corrected chi connectivity index (χ4v) is 4.54. The molecule has 1 aromatic heterocycles. The third-order valence-corrected chi connectivity index (χ3v) is 6.89. The van der Waals surface area contributed by atoms with Crippen molar-refractivity contribution in [2.24, 2.45) is 0 Å². The number of hydrogen-bond acceptors (Lipinski definition) is 5. The number of aryl methyl sites for hydroxylation is 2. The lowest BCUT2D eigenvalue weighted by Gasteiger charge is -2.10. The van der Waals surface area contributed by atoms with Gasteiger partial charge < -0.3 is 14.5 Å². The van der Waals surface area contributed by atoms with Crippen LogP contribution in [0.5, 0.6) is 5.75 Å². The van der Waals surface area contributed by atoms with Gasteiger partial charge >= 0.3 is 0 Å². The second-order valence-corrected chi connectivity index (χ2v) is 9.42. The Kier molecular flexibility index (Phi) is 5.32. The minimum absolute atomic E-state index is 0.00764. The fraction of sp³-hybridized carbons (Fsp3) is 0.318. The van der Waals surface area contributed by atoms with E-state index in [0.717, 1.165) is 42.4 Å². The molecule has 0 aliphatic heterocycles. The zero-order valence-corrected chi connectivity index (χ0v) is 17.1. The van der Waals surface area contributed by atoms with E-state index in [0.29, 0.717) is 11.4 Å². The number of furan rings is 1. The van der Waals surface area contributed by atoms with Gasteiger partial charge in [0.05, 0.1) is 10.6 Å². The first-order valence-electron chi connectivity index (χ1n) is 9.76. The zero-order valence-electron chi connectivity index (χ0n) is 16.2. The highest BCUT2D eigenvalue weighted by molar-refractivity contribution is 7.91. The molecule has 0 bridgehead atoms. The molecule has 0 atom stereocenters. The molecule has 0 spiro atoms. The van der Waals surface area contributed by atoms with Crippen LogP contribution in [0, 0.1) is 0 Å². The Morgan fingerprint density at radius 2 is 1.97 bits per heavy atom. The van der Waals surface area contributed by atoms with Crippen LogP contribution in [0.3, 0.4) is 0 Å². The molecule has 4 rings (SSSR count). The van der Waals surface area contributed by atoms with Crippen molar-refractivity contribution in [1.82, 2.24) is 0 Å². The number of ether oxygens (including phenoxy) is 1. The van der Waals surface area contributed by atoms with Crippen LogP contribution >= 0.6 is 0 Å². The van der Waals surface area contributed by atoms with Crippen LogP contribution in [0.1, 0.15) is 31.1 Å². The summed E-state index contributed by atoms with van der Waals surface area (Å²) in [5, 5.41) is 3.73. The van der Waals surface area contributed by atoms with Crippen molar-refractivity contribution in [3.63, 3.8) is 0 Å². The Hall–Kier alpha value is -2.80. The molecule has 29 heavy (non-hydrogen) atoms.